The van der Waals surface area contributed by atoms with Crippen molar-refractivity contribution in [1.29, 1.82) is 0 Å². The van der Waals surface area contributed by atoms with Gasteiger partial charge in [0.1, 0.15) is 23.2 Å². The Hall–Kier alpha value is -2.49. The van der Waals surface area contributed by atoms with Crippen molar-refractivity contribution in [2.45, 2.75) is 25.7 Å². The minimum absolute atomic E-state index is 0.126. The standard InChI is InChI=1S/C18H18O4/c1-2-3-10-21-14-7-4-12(5-8-14)17-15-11-13(19)6-9-16(15)22-18(17)20/h4-9,11,17,19H,2-3,10H2,1H3. The summed E-state index contributed by atoms with van der Waals surface area (Å²) in [6.07, 6.45) is 2.11. The number of unbranched alkanes of at least 4 members (excludes halogenated alkanes) is 1. The van der Waals surface area contributed by atoms with Gasteiger partial charge in [0.05, 0.1) is 6.61 Å². The van der Waals surface area contributed by atoms with E-state index in [-0.39, 0.29) is 11.7 Å². The van der Waals surface area contributed by atoms with E-state index in [9.17, 15) is 9.90 Å². The Kier molecular flexibility index (Phi) is 4.00. The summed E-state index contributed by atoms with van der Waals surface area (Å²) in [5.41, 5.74) is 1.53. The third kappa shape index (κ3) is 2.77. The van der Waals surface area contributed by atoms with Crippen LogP contribution in [0.5, 0.6) is 17.2 Å². The lowest BCUT2D eigenvalue weighted by atomic mass is 9.92. The molecule has 22 heavy (non-hydrogen) atoms. The van der Waals surface area contributed by atoms with E-state index in [1.807, 2.05) is 24.3 Å². The maximum Gasteiger partial charge on any atom is 0.323 e. The molecule has 1 aliphatic rings. The Bertz CT molecular complexity index is 676. The van der Waals surface area contributed by atoms with Crippen LogP contribution in [0.15, 0.2) is 42.5 Å². The lowest BCUT2D eigenvalue weighted by Gasteiger charge is -2.10. The number of carbonyl (C=O) groups is 1. The second kappa shape index (κ2) is 6.10. The molecule has 1 atom stereocenters. The number of ether oxygens (including phenoxy) is 2. The van der Waals surface area contributed by atoms with Crippen molar-refractivity contribution in [3.05, 3.63) is 53.6 Å². The maximum absolute atomic E-state index is 12.1. The highest BCUT2D eigenvalue weighted by Gasteiger charge is 2.34. The molecule has 0 fully saturated rings. The highest BCUT2D eigenvalue weighted by Crippen LogP contribution is 2.41. The number of aromatic hydroxyl groups is 1. The second-order valence-electron chi connectivity index (χ2n) is 5.35. The molecule has 0 radical (unpaired) electrons. The minimum atomic E-state index is -0.494. The fourth-order valence-corrected chi connectivity index (χ4v) is 2.56. The summed E-state index contributed by atoms with van der Waals surface area (Å²) in [5, 5.41) is 9.63. The topological polar surface area (TPSA) is 55.8 Å². The van der Waals surface area contributed by atoms with Crippen LogP contribution in [-0.2, 0) is 4.79 Å². The molecule has 1 heterocycles. The first-order valence-corrected chi connectivity index (χ1v) is 7.46. The van der Waals surface area contributed by atoms with E-state index in [4.69, 9.17) is 9.47 Å². The Morgan fingerprint density at radius 3 is 2.68 bits per heavy atom. The van der Waals surface area contributed by atoms with E-state index < -0.39 is 5.92 Å². The lowest BCUT2D eigenvalue weighted by molar-refractivity contribution is -0.133. The number of benzene rings is 2. The van der Waals surface area contributed by atoms with Crippen LogP contribution in [0.4, 0.5) is 0 Å². The van der Waals surface area contributed by atoms with Crippen LogP contribution in [-0.4, -0.2) is 17.7 Å². The van der Waals surface area contributed by atoms with E-state index in [1.165, 1.54) is 6.07 Å². The van der Waals surface area contributed by atoms with Crippen LogP contribution in [0.1, 0.15) is 36.8 Å². The fraction of sp³-hybridized carbons (Fsp3) is 0.278. The zero-order chi connectivity index (χ0) is 15.5. The van der Waals surface area contributed by atoms with Crippen molar-refractivity contribution < 1.29 is 19.4 Å². The number of rotatable bonds is 5. The summed E-state index contributed by atoms with van der Waals surface area (Å²) in [7, 11) is 0. The molecule has 4 heteroatoms. The van der Waals surface area contributed by atoms with Gasteiger partial charge in [-0.05, 0) is 42.3 Å². The van der Waals surface area contributed by atoms with E-state index in [2.05, 4.69) is 6.92 Å². The second-order valence-corrected chi connectivity index (χ2v) is 5.35. The summed E-state index contributed by atoms with van der Waals surface area (Å²) >= 11 is 0. The molecule has 2 aromatic rings. The van der Waals surface area contributed by atoms with Crippen LogP contribution >= 0.6 is 0 Å². The zero-order valence-electron chi connectivity index (χ0n) is 12.4. The van der Waals surface area contributed by atoms with Crippen LogP contribution in [0.3, 0.4) is 0 Å². The first kappa shape index (κ1) is 14.4. The molecule has 1 unspecified atom stereocenters. The van der Waals surface area contributed by atoms with Crippen LogP contribution in [0, 0.1) is 0 Å². The first-order valence-electron chi connectivity index (χ1n) is 7.46. The normalized spacial score (nSPS) is 16.2. The number of esters is 1. The molecule has 0 aliphatic carbocycles. The van der Waals surface area contributed by atoms with Gasteiger partial charge in [-0.3, -0.25) is 4.79 Å². The highest BCUT2D eigenvalue weighted by molar-refractivity contribution is 5.89. The molecule has 1 aliphatic heterocycles. The molecule has 0 aromatic heterocycles. The molecule has 3 rings (SSSR count). The lowest BCUT2D eigenvalue weighted by Crippen LogP contribution is -2.11. The molecule has 0 amide bonds. The molecule has 2 aromatic carbocycles. The predicted molar refractivity (Wildman–Crippen MR) is 82.4 cm³/mol. The number of carbonyl (C=O) groups excluding carboxylic acids is 1. The maximum atomic E-state index is 12.1. The van der Waals surface area contributed by atoms with Gasteiger partial charge >= 0.3 is 5.97 Å². The summed E-state index contributed by atoms with van der Waals surface area (Å²) in [4.78, 5) is 12.1. The molecule has 1 N–H and O–H groups in total. The summed E-state index contributed by atoms with van der Waals surface area (Å²) in [6.45, 7) is 2.81. The monoisotopic (exact) mass is 298 g/mol. The van der Waals surface area contributed by atoms with E-state index in [1.54, 1.807) is 12.1 Å². The largest absolute Gasteiger partial charge is 0.508 e. The van der Waals surface area contributed by atoms with Gasteiger partial charge < -0.3 is 14.6 Å². The molecular weight excluding hydrogens is 280 g/mol. The summed E-state index contributed by atoms with van der Waals surface area (Å²) in [6, 6.07) is 12.2. The average Bonchev–Trinajstić information content (AvgIpc) is 2.84. The number of hydrogen-bond acceptors (Lipinski definition) is 4. The molecule has 0 saturated heterocycles. The molecule has 114 valence electrons. The van der Waals surface area contributed by atoms with Gasteiger partial charge in [-0.25, -0.2) is 0 Å². The molecule has 0 saturated carbocycles. The Morgan fingerprint density at radius 1 is 1.18 bits per heavy atom. The van der Waals surface area contributed by atoms with Crippen molar-refractivity contribution in [1.82, 2.24) is 0 Å². The minimum Gasteiger partial charge on any atom is -0.508 e. The van der Waals surface area contributed by atoms with Crippen molar-refractivity contribution in [3.8, 4) is 17.2 Å². The predicted octanol–water partition coefficient (Wildman–Crippen LogP) is 3.62. The third-order valence-corrected chi connectivity index (χ3v) is 3.73. The van der Waals surface area contributed by atoms with Crippen LogP contribution in [0.2, 0.25) is 0 Å². The molecule has 0 bridgehead atoms. The Morgan fingerprint density at radius 2 is 1.95 bits per heavy atom. The van der Waals surface area contributed by atoms with E-state index in [0.717, 1.165) is 24.2 Å². The van der Waals surface area contributed by atoms with Gasteiger partial charge in [-0.2, -0.15) is 0 Å². The quantitative estimate of drug-likeness (QED) is 0.520. The van der Waals surface area contributed by atoms with Crippen molar-refractivity contribution in [2.75, 3.05) is 6.61 Å². The highest BCUT2D eigenvalue weighted by atomic mass is 16.5. The molecular formula is C18H18O4. The van der Waals surface area contributed by atoms with Crippen LogP contribution < -0.4 is 9.47 Å². The zero-order valence-corrected chi connectivity index (χ0v) is 12.4. The van der Waals surface area contributed by atoms with Gasteiger partial charge in [0.15, 0.2) is 0 Å². The van der Waals surface area contributed by atoms with E-state index >= 15 is 0 Å². The van der Waals surface area contributed by atoms with Gasteiger partial charge in [0, 0.05) is 5.56 Å². The third-order valence-electron chi connectivity index (χ3n) is 3.73. The average molecular weight is 298 g/mol. The smallest absolute Gasteiger partial charge is 0.323 e. The van der Waals surface area contributed by atoms with Crippen molar-refractivity contribution >= 4 is 5.97 Å². The van der Waals surface area contributed by atoms with Gasteiger partial charge in [-0.1, -0.05) is 25.5 Å². The summed E-state index contributed by atoms with van der Waals surface area (Å²) < 4.78 is 10.9. The molecule has 0 spiro atoms. The SMILES string of the molecule is CCCCOc1ccc(C2C(=O)Oc3ccc(O)cc32)cc1. The number of fused-ring (bicyclic) bond motifs is 1. The van der Waals surface area contributed by atoms with Gasteiger partial charge in [-0.15, -0.1) is 0 Å². The van der Waals surface area contributed by atoms with Crippen molar-refractivity contribution in [3.63, 3.8) is 0 Å². The fourth-order valence-electron chi connectivity index (χ4n) is 2.56. The summed E-state index contributed by atoms with van der Waals surface area (Å²) in [5.74, 6) is 0.615. The van der Waals surface area contributed by atoms with E-state index in [0.29, 0.717) is 17.9 Å². The van der Waals surface area contributed by atoms with Crippen LogP contribution in [0.25, 0.3) is 0 Å². The first-order chi connectivity index (χ1) is 10.7. The number of phenolic OH excluding ortho intramolecular Hbond substituents is 1. The molecule has 4 nitrogen and oxygen atoms in total. The number of phenols is 1. The Labute approximate surface area is 129 Å². The Balaban J connectivity index is 1.83. The van der Waals surface area contributed by atoms with Crippen molar-refractivity contribution in [2.24, 2.45) is 0 Å². The van der Waals surface area contributed by atoms with Gasteiger partial charge in [0.2, 0.25) is 0 Å². The van der Waals surface area contributed by atoms with Gasteiger partial charge in [0.25, 0.3) is 0 Å². The number of hydrogen-bond donors (Lipinski definition) is 1.